The minimum atomic E-state index is -0.700. The summed E-state index contributed by atoms with van der Waals surface area (Å²) in [5, 5.41) is 18.0. The minimum Gasteiger partial charge on any atom is -0.396 e. The molecule has 1 aliphatic carbocycles. The highest BCUT2D eigenvalue weighted by atomic mass is 16.3. The SMILES string of the molecule is N#CC1(C(=O)N2CCC(CCO)C2)CCC1. The van der Waals surface area contributed by atoms with E-state index < -0.39 is 5.41 Å². The lowest BCUT2D eigenvalue weighted by Gasteiger charge is -2.36. The third-order valence-electron chi connectivity index (χ3n) is 3.94. The molecule has 0 spiro atoms. The van der Waals surface area contributed by atoms with E-state index >= 15 is 0 Å². The van der Waals surface area contributed by atoms with Crippen LogP contribution in [0.1, 0.15) is 32.1 Å². The van der Waals surface area contributed by atoms with Gasteiger partial charge in [0, 0.05) is 19.7 Å². The lowest BCUT2D eigenvalue weighted by Crippen LogP contribution is -2.46. The van der Waals surface area contributed by atoms with Crippen molar-refractivity contribution in [1.29, 1.82) is 5.26 Å². The summed E-state index contributed by atoms with van der Waals surface area (Å²) in [5.74, 6) is 0.450. The van der Waals surface area contributed by atoms with Crippen molar-refractivity contribution in [2.24, 2.45) is 11.3 Å². The van der Waals surface area contributed by atoms with Gasteiger partial charge >= 0.3 is 0 Å². The molecule has 4 nitrogen and oxygen atoms in total. The van der Waals surface area contributed by atoms with Gasteiger partial charge in [-0.3, -0.25) is 4.79 Å². The van der Waals surface area contributed by atoms with E-state index in [2.05, 4.69) is 6.07 Å². The van der Waals surface area contributed by atoms with E-state index in [1.54, 1.807) is 0 Å². The molecule has 0 bridgehead atoms. The first-order valence-corrected chi connectivity index (χ1v) is 6.03. The molecule has 1 saturated heterocycles. The Morgan fingerprint density at radius 1 is 1.56 bits per heavy atom. The molecule has 1 heterocycles. The van der Waals surface area contributed by atoms with Crippen molar-refractivity contribution in [3.8, 4) is 6.07 Å². The predicted molar refractivity (Wildman–Crippen MR) is 58.3 cm³/mol. The van der Waals surface area contributed by atoms with Gasteiger partial charge in [0.05, 0.1) is 6.07 Å². The molecule has 1 saturated carbocycles. The van der Waals surface area contributed by atoms with Crippen molar-refractivity contribution in [3.05, 3.63) is 0 Å². The zero-order valence-corrected chi connectivity index (χ0v) is 9.48. The fraction of sp³-hybridized carbons (Fsp3) is 0.833. The van der Waals surface area contributed by atoms with Crippen molar-refractivity contribution < 1.29 is 9.90 Å². The largest absolute Gasteiger partial charge is 0.396 e. The number of nitrogens with zero attached hydrogens (tertiary/aromatic N) is 2. The van der Waals surface area contributed by atoms with Crippen LogP contribution in [0.2, 0.25) is 0 Å². The Bertz CT molecular complexity index is 317. The predicted octanol–water partition coefficient (Wildman–Crippen LogP) is 0.911. The van der Waals surface area contributed by atoms with E-state index in [9.17, 15) is 4.79 Å². The number of rotatable bonds is 3. The standard InChI is InChI=1S/C12H18N2O2/c13-9-12(4-1-5-12)11(16)14-6-2-10(8-14)3-7-15/h10,15H,1-8H2. The number of likely N-dealkylation sites (tertiary alicyclic amines) is 1. The van der Waals surface area contributed by atoms with E-state index in [0.29, 0.717) is 5.92 Å². The zero-order chi connectivity index (χ0) is 11.6. The molecule has 0 aromatic heterocycles. The van der Waals surface area contributed by atoms with Crippen LogP contribution in [0.3, 0.4) is 0 Å². The normalized spacial score (nSPS) is 27.2. The number of carbonyl (C=O) groups is 1. The zero-order valence-electron chi connectivity index (χ0n) is 9.48. The molecule has 0 radical (unpaired) electrons. The van der Waals surface area contributed by atoms with Crippen LogP contribution in [0.25, 0.3) is 0 Å². The second-order valence-corrected chi connectivity index (χ2v) is 4.97. The Morgan fingerprint density at radius 3 is 2.81 bits per heavy atom. The Kier molecular flexibility index (Phi) is 3.15. The van der Waals surface area contributed by atoms with Gasteiger partial charge in [0.15, 0.2) is 0 Å². The van der Waals surface area contributed by atoms with E-state index in [1.165, 1.54) is 0 Å². The summed E-state index contributed by atoms with van der Waals surface area (Å²) >= 11 is 0. The summed E-state index contributed by atoms with van der Waals surface area (Å²) in [6, 6.07) is 2.20. The van der Waals surface area contributed by atoms with Crippen molar-refractivity contribution in [1.82, 2.24) is 4.90 Å². The van der Waals surface area contributed by atoms with Crippen molar-refractivity contribution in [2.75, 3.05) is 19.7 Å². The molecule has 0 aromatic rings. The molecule has 16 heavy (non-hydrogen) atoms. The summed E-state index contributed by atoms with van der Waals surface area (Å²) in [5.41, 5.74) is -0.700. The summed E-state index contributed by atoms with van der Waals surface area (Å²) in [6.07, 6.45) is 4.18. The Morgan fingerprint density at radius 2 is 2.31 bits per heavy atom. The van der Waals surface area contributed by atoms with Crippen molar-refractivity contribution in [2.45, 2.75) is 32.1 Å². The van der Waals surface area contributed by atoms with Gasteiger partial charge in [0.2, 0.25) is 5.91 Å². The number of hydrogen-bond donors (Lipinski definition) is 1. The fourth-order valence-corrected chi connectivity index (χ4v) is 2.64. The Hall–Kier alpha value is -1.08. The topological polar surface area (TPSA) is 64.3 Å². The van der Waals surface area contributed by atoms with Crippen LogP contribution in [0.5, 0.6) is 0 Å². The first-order chi connectivity index (χ1) is 7.72. The minimum absolute atomic E-state index is 0.0293. The van der Waals surface area contributed by atoms with Gasteiger partial charge in [-0.1, -0.05) is 0 Å². The molecule has 1 N–H and O–H groups in total. The number of nitriles is 1. The summed E-state index contributed by atoms with van der Waals surface area (Å²) in [6.45, 7) is 1.67. The second-order valence-electron chi connectivity index (χ2n) is 4.97. The second kappa shape index (κ2) is 4.42. The fourth-order valence-electron chi connectivity index (χ4n) is 2.64. The first kappa shape index (κ1) is 11.4. The molecular formula is C12H18N2O2. The highest BCUT2D eigenvalue weighted by Gasteiger charge is 2.47. The van der Waals surface area contributed by atoms with Gasteiger partial charge in [-0.15, -0.1) is 0 Å². The van der Waals surface area contributed by atoms with E-state index in [4.69, 9.17) is 10.4 Å². The molecule has 2 fully saturated rings. The summed E-state index contributed by atoms with van der Waals surface area (Å²) in [7, 11) is 0. The van der Waals surface area contributed by atoms with Crippen LogP contribution in [-0.2, 0) is 4.79 Å². The Labute approximate surface area is 95.9 Å². The van der Waals surface area contributed by atoms with E-state index in [-0.39, 0.29) is 12.5 Å². The Balaban J connectivity index is 1.94. The smallest absolute Gasteiger partial charge is 0.243 e. The number of aliphatic hydroxyl groups excluding tert-OH is 1. The lowest BCUT2D eigenvalue weighted by molar-refractivity contribution is -0.142. The molecule has 2 aliphatic rings. The molecule has 1 unspecified atom stereocenters. The number of aliphatic hydroxyl groups is 1. The van der Waals surface area contributed by atoms with E-state index in [0.717, 1.165) is 45.2 Å². The van der Waals surface area contributed by atoms with Crippen LogP contribution < -0.4 is 0 Å². The molecular weight excluding hydrogens is 204 g/mol. The maximum Gasteiger partial charge on any atom is 0.243 e. The number of hydrogen-bond acceptors (Lipinski definition) is 3. The molecule has 4 heteroatoms. The van der Waals surface area contributed by atoms with Gasteiger partial charge in [-0.05, 0) is 38.0 Å². The van der Waals surface area contributed by atoms with Gasteiger partial charge < -0.3 is 10.0 Å². The average molecular weight is 222 g/mol. The van der Waals surface area contributed by atoms with Crippen molar-refractivity contribution in [3.63, 3.8) is 0 Å². The van der Waals surface area contributed by atoms with Crippen LogP contribution in [0.15, 0.2) is 0 Å². The summed E-state index contributed by atoms with van der Waals surface area (Å²) in [4.78, 5) is 14.0. The maximum absolute atomic E-state index is 12.2. The molecule has 0 aromatic carbocycles. The van der Waals surface area contributed by atoms with E-state index in [1.807, 2.05) is 4.90 Å². The number of carbonyl (C=O) groups excluding carboxylic acids is 1. The van der Waals surface area contributed by atoms with Crippen molar-refractivity contribution >= 4 is 5.91 Å². The van der Waals surface area contributed by atoms with Crippen LogP contribution in [0, 0.1) is 22.7 Å². The molecule has 88 valence electrons. The molecule has 2 rings (SSSR count). The van der Waals surface area contributed by atoms with Crippen LogP contribution in [0.4, 0.5) is 0 Å². The molecule has 1 atom stereocenters. The highest BCUT2D eigenvalue weighted by molar-refractivity contribution is 5.86. The van der Waals surface area contributed by atoms with Gasteiger partial charge in [-0.2, -0.15) is 5.26 Å². The first-order valence-electron chi connectivity index (χ1n) is 6.03. The number of amides is 1. The van der Waals surface area contributed by atoms with Gasteiger partial charge in [-0.25, -0.2) is 0 Å². The monoisotopic (exact) mass is 222 g/mol. The highest BCUT2D eigenvalue weighted by Crippen LogP contribution is 2.42. The average Bonchev–Trinajstić information content (AvgIpc) is 2.66. The third-order valence-corrected chi connectivity index (χ3v) is 3.94. The van der Waals surface area contributed by atoms with Gasteiger partial charge in [0.1, 0.15) is 5.41 Å². The maximum atomic E-state index is 12.2. The third kappa shape index (κ3) is 1.80. The lowest BCUT2D eigenvalue weighted by atomic mass is 9.69. The summed E-state index contributed by atoms with van der Waals surface area (Å²) < 4.78 is 0. The van der Waals surface area contributed by atoms with Crippen LogP contribution >= 0.6 is 0 Å². The molecule has 1 aliphatic heterocycles. The van der Waals surface area contributed by atoms with Gasteiger partial charge in [0.25, 0.3) is 0 Å². The molecule has 1 amide bonds. The van der Waals surface area contributed by atoms with Crippen LogP contribution in [-0.4, -0.2) is 35.6 Å². The quantitative estimate of drug-likeness (QED) is 0.772.